The van der Waals surface area contributed by atoms with E-state index in [4.69, 9.17) is 0 Å². The van der Waals surface area contributed by atoms with Crippen LogP contribution in [0.2, 0.25) is 0 Å². The summed E-state index contributed by atoms with van der Waals surface area (Å²) in [5.41, 5.74) is 2.76. The van der Waals surface area contributed by atoms with Crippen molar-refractivity contribution < 1.29 is 19.3 Å². The average molecular weight is 576 g/mol. The van der Waals surface area contributed by atoms with Gasteiger partial charge in [0.1, 0.15) is 11.7 Å². The SMILES string of the molecule is O=C1CCC(NC(=O)c2cc(N3CCC4(CCC(N5CCN(c6ccc([N+](=O)[O-])cc6)CC5)C4)CC3)ccn2)C(=O)N1. The molecule has 2 atom stereocenters. The van der Waals surface area contributed by atoms with E-state index >= 15 is 0 Å². The molecule has 2 N–H and O–H groups in total. The highest BCUT2D eigenvalue weighted by Gasteiger charge is 2.43. The molecule has 12 heteroatoms. The molecule has 4 fully saturated rings. The number of nitro benzene ring substituents is 1. The molecule has 6 rings (SSSR count). The lowest BCUT2D eigenvalue weighted by Crippen LogP contribution is -2.52. The Morgan fingerprint density at radius 3 is 2.36 bits per heavy atom. The van der Waals surface area contributed by atoms with Gasteiger partial charge in [0, 0.05) is 81.4 Å². The number of hydrogen-bond acceptors (Lipinski definition) is 9. The summed E-state index contributed by atoms with van der Waals surface area (Å²) >= 11 is 0. The number of anilines is 2. The predicted octanol–water partition coefficient (Wildman–Crippen LogP) is 2.49. The molecule has 42 heavy (non-hydrogen) atoms. The maximum atomic E-state index is 12.8. The van der Waals surface area contributed by atoms with Crippen LogP contribution >= 0.6 is 0 Å². The maximum Gasteiger partial charge on any atom is 0.270 e. The summed E-state index contributed by atoms with van der Waals surface area (Å²) in [4.78, 5) is 58.4. The van der Waals surface area contributed by atoms with Gasteiger partial charge < -0.3 is 15.1 Å². The van der Waals surface area contributed by atoms with Crippen molar-refractivity contribution in [3.05, 3.63) is 58.4 Å². The Bertz CT molecular complexity index is 1350. The van der Waals surface area contributed by atoms with Gasteiger partial charge in [-0.1, -0.05) is 0 Å². The van der Waals surface area contributed by atoms with Crippen LogP contribution in [0.4, 0.5) is 17.1 Å². The fourth-order valence-corrected chi connectivity index (χ4v) is 7.12. The number of benzene rings is 1. The van der Waals surface area contributed by atoms with Crippen molar-refractivity contribution >= 4 is 34.8 Å². The van der Waals surface area contributed by atoms with Gasteiger partial charge >= 0.3 is 0 Å². The largest absolute Gasteiger partial charge is 0.371 e. The van der Waals surface area contributed by atoms with Crippen LogP contribution in [-0.2, 0) is 9.59 Å². The molecule has 3 saturated heterocycles. The standard InChI is InChI=1S/C30H37N7O5/c38-27-6-5-25(28(39)33-27)32-29(40)26-19-23(8-12-31-26)34-13-10-30(11-14-34)9-7-24(20-30)36-17-15-35(16-18-36)21-1-3-22(4-2-21)37(41)42/h1-4,8,12,19,24-25H,5-7,9-11,13-18,20H2,(H,32,40)(H,33,38,39). The van der Waals surface area contributed by atoms with Crippen LogP contribution in [0.25, 0.3) is 0 Å². The van der Waals surface area contributed by atoms with Crippen LogP contribution in [0.15, 0.2) is 42.6 Å². The number of rotatable bonds is 6. The van der Waals surface area contributed by atoms with E-state index in [0.717, 1.165) is 63.5 Å². The number of nitro groups is 1. The van der Waals surface area contributed by atoms with E-state index in [0.29, 0.717) is 17.9 Å². The quantitative estimate of drug-likeness (QED) is 0.302. The number of hydrogen-bond donors (Lipinski definition) is 2. The third-order valence-corrected chi connectivity index (χ3v) is 9.64. The van der Waals surface area contributed by atoms with Crippen LogP contribution < -0.4 is 20.4 Å². The summed E-state index contributed by atoms with van der Waals surface area (Å²) in [5, 5.41) is 15.9. The van der Waals surface area contributed by atoms with E-state index in [9.17, 15) is 24.5 Å². The van der Waals surface area contributed by atoms with Gasteiger partial charge in [0.25, 0.3) is 11.6 Å². The van der Waals surface area contributed by atoms with Crippen molar-refractivity contribution in [2.75, 3.05) is 49.1 Å². The smallest absolute Gasteiger partial charge is 0.270 e. The molecule has 3 amide bonds. The molecule has 12 nitrogen and oxygen atoms in total. The molecule has 3 aliphatic heterocycles. The zero-order valence-corrected chi connectivity index (χ0v) is 23.7. The Labute approximate surface area is 244 Å². The number of non-ortho nitro benzene ring substituents is 1. The van der Waals surface area contributed by atoms with Crippen molar-refractivity contribution in [3.8, 4) is 0 Å². The van der Waals surface area contributed by atoms with Gasteiger partial charge in [0.2, 0.25) is 11.8 Å². The van der Waals surface area contributed by atoms with Gasteiger partial charge in [-0.25, -0.2) is 0 Å². The Morgan fingerprint density at radius 2 is 1.67 bits per heavy atom. The zero-order chi connectivity index (χ0) is 29.3. The highest BCUT2D eigenvalue weighted by Crippen LogP contribution is 2.48. The highest BCUT2D eigenvalue weighted by molar-refractivity contribution is 6.03. The topological polar surface area (TPSA) is 141 Å². The number of piperidine rings is 2. The Morgan fingerprint density at radius 1 is 0.952 bits per heavy atom. The first-order chi connectivity index (χ1) is 20.3. The van der Waals surface area contributed by atoms with Crippen LogP contribution in [0, 0.1) is 15.5 Å². The fourth-order valence-electron chi connectivity index (χ4n) is 7.12. The lowest BCUT2D eigenvalue weighted by Gasteiger charge is -2.42. The first-order valence-electron chi connectivity index (χ1n) is 14.9. The van der Waals surface area contributed by atoms with Crippen molar-refractivity contribution in [2.24, 2.45) is 5.41 Å². The number of piperazine rings is 1. The minimum absolute atomic E-state index is 0.124. The number of carbonyl (C=O) groups is 3. The molecular formula is C30H37N7O5. The second kappa shape index (κ2) is 11.7. The van der Waals surface area contributed by atoms with E-state index in [1.807, 2.05) is 18.2 Å². The number of aromatic nitrogens is 1. The van der Waals surface area contributed by atoms with Gasteiger partial charge in [-0.2, -0.15) is 0 Å². The second-order valence-corrected chi connectivity index (χ2v) is 12.1. The molecule has 2 aromatic rings. The molecule has 0 bridgehead atoms. The van der Waals surface area contributed by atoms with Crippen LogP contribution in [0.3, 0.4) is 0 Å². The maximum absolute atomic E-state index is 12.8. The van der Waals surface area contributed by atoms with Crippen molar-refractivity contribution in [1.82, 2.24) is 20.5 Å². The van der Waals surface area contributed by atoms with Crippen LogP contribution in [0.5, 0.6) is 0 Å². The van der Waals surface area contributed by atoms with Gasteiger partial charge in [-0.15, -0.1) is 0 Å². The first kappa shape index (κ1) is 28.1. The van der Waals surface area contributed by atoms with Gasteiger partial charge in [-0.05, 0) is 68.2 Å². The molecule has 1 aromatic carbocycles. The second-order valence-electron chi connectivity index (χ2n) is 12.1. The molecule has 2 unspecified atom stereocenters. The normalized spacial score (nSPS) is 24.5. The van der Waals surface area contributed by atoms with Crippen molar-refractivity contribution in [2.45, 2.75) is 57.0 Å². The Hall–Kier alpha value is -4.06. The third-order valence-electron chi connectivity index (χ3n) is 9.64. The zero-order valence-electron chi connectivity index (χ0n) is 23.7. The minimum Gasteiger partial charge on any atom is -0.371 e. The number of nitrogens with one attached hydrogen (secondary N) is 2. The summed E-state index contributed by atoms with van der Waals surface area (Å²) in [7, 11) is 0. The lowest BCUT2D eigenvalue weighted by molar-refractivity contribution is -0.384. The predicted molar refractivity (Wildman–Crippen MR) is 156 cm³/mol. The first-order valence-corrected chi connectivity index (χ1v) is 14.9. The van der Waals surface area contributed by atoms with E-state index < -0.39 is 17.9 Å². The summed E-state index contributed by atoms with van der Waals surface area (Å²) in [5.74, 6) is -1.20. The average Bonchev–Trinajstić information content (AvgIpc) is 3.42. The molecule has 4 heterocycles. The summed E-state index contributed by atoms with van der Waals surface area (Å²) < 4.78 is 0. The van der Waals surface area contributed by atoms with Crippen LogP contribution in [0.1, 0.15) is 55.4 Å². The molecule has 4 aliphatic rings. The van der Waals surface area contributed by atoms with Gasteiger partial charge in [-0.3, -0.25) is 39.7 Å². The van der Waals surface area contributed by atoms with Crippen molar-refractivity contribution in [3.63, 3.8) is 0 Å². The van der Waals surface area contributed by atoms with E-state index in [1.54, 1.807) is 24.4 Å². The number of carbonyl (C=O) groups excluding carboxylic acids is 3. The number of imide groups is 1. The van der Waals surface area contributed by atoms with Crippen molar-refractivity contribution in [1.29, 1.82) is 0 Å². The summed E-state index contributed by atoms with van der Waals surface area (Å²) in [6.07, 6.45) is 8.05. The Kier molecular flexibility index (Phi) is 7.80. The summed E-state index contributed by atoms with van der Waals surface area (Å²) in [6, 6.07) is 10.5. The highest BCUT2D eigenvalue weighted by atomic mass is 16.6. The molecule has 1 aromatic heterocycles. The molecule has 1 spiro atoms. The lowest BCUT2D eigenvalue weighted by atomic mass is 9.76. The van der Waals surface area contributed by atoms with E-state index in [1.165, 1.54) is 19.3 Å². The molecule has 1 aliphatic carbocycles. The minimum atomic E-state index is -0.726. The fraction of sp³-hybridized carbons (Fsp3) is 0.533. The number of amides is 3. The third kappa shape index (κ3) is 5.94. The molecular weight excluding hydrogens is 538 g/mol. The summed E-state index contributed by atoms with van der Waals surface area (Å²) in [6.45, 7) is 5.72. The molecule has 1 saturated carbocycles. The monoisotopic (exact) mass is 575 g/mol. The van der Waals surface area contributed by atoms with E-state index in [2.05, 4.69) is 30.3 Å². The molecule has 0 radical (unpaired) electrons. The molecule has 222 valence electrons. The van der Waals surface area contributed by atoms with Crippen LogP contribution in [-0.4, -0.2) is 83.9 Å². The number of nitrogens with zero attached hydrogens (tertiary/aromatic N) is 5. The Balaban J connectivity index is 0.990. The van der Waals surface area contributed by atoms with Gasteiger partial charge in [0.05, 0.1) is 4.92 Å². The van der Waals surface area contributed by atoms with Gasteiger partial charge in [0.15, 0.2) is 0 Å². The van der Waals surface area contributed by atoms with E-state index in [-0.39, 0.29) is 28.6 Å². The number of pyridine rings is 1.